The van der Waals surface area contributed by atoms with E-state index >= 15 is 0 Å². The molecule has 0 aliphatic rings. The lowest BCUT2D eigenvalue weighted by atomic mass is 10.1. The summed E-state index contributed by atoms with van der Waals surface area (Å²) in [7, 11) is 0. The molecular weight excluding hydrogens is 426 g/mol. The van der Waals surface area contributed by atoms with Crippen LogP contribution in [0, 0.1) is 6.92 Å². The van der Waals surface area contributed by atoms with Gasteiger partial charge in [0.25, 0.3) is 12.0 Å². The summed E-state index contributed by atoms with van der Waals surface area (Å²) in [6, 6.07) is 7.33. The fourth-order valence-electron chi connectivity index (χ4n) is 2.52. The van der Waals surface area contributed by atoms with Crippen molar-refractivity contribution >= 4 is 22.6 Å². The first-order valence-electron chi connectivity index (χ1n) is 8.53. The number of alkyl halides is 2. The Bertz CT molecular complexity index is 1090. The van der Waals surface area contributed by atoms with Gasteiger partial charge in [-0.3, -0.25) is 10.1 Å². The Morgan fingerprint density at radius 2 is 2.07 bits per heavy atom. The molecule has 0 fully saturated rings. The van der Waals surface area contributed by atoms with E-state index in [0.29, 0.717) is 11.3 Å². The second-order valence-corrected chi connectivity index (χ2v) is 6.93. The molecule has 2 aromatic heterocycles. The van der Waals surface area contributed by atoms with Gasteiger partial charge in [-0.15, -0.1) is 0 Å². The van der Waals surface area contributed by atoms with Crippen molar-refractivity contribution < 1.29 is 31.5 Å². The van der Waals surface area contributed by atoms with Gasteiger partial charge < -0.3 is 9.15 Å². The van der Waals surface area contributed by atoms with Crippen LogP contribution < -0.4 is 10.1 Å². The number of nitrogens with one attached hydrogen (secondary N) is 1. The number of benzene rings is 1. The second kappa shape index (κ2) is 9.08. The first kappa shape index (κ1) is 21.5. The number of anilines is 1. The molecule has 0 aliphatic carbocycles. The van der Waals surface area contributed by atoms with Crippen LogP contribution in [0.5, 0.6) is 5.75 Å². The Morgan fingerprint density at radius 3 is 2.77 bits per heavy atom. The lowest BCUT2D eigenvalue weighted by Gasteiger charge is -2.05. The van der Waals surface area contributed by atoms with Crippen LogP contribution in [0.1, 0.15) is 28.9 Å². The topological polar surface area (TPSA) is 77.2 Å². The standard InChI is InChI=1S/C19H15F4N3O3S/c1-9(16(20)21)6-15-24-19(30-26-15)25-17(27)13-8-14(28-10(13)2)11-4-3-5-12(7-11)29-18(22)23/h3-5,7-8,18H,6H2,1-2H3,(H,24,25,26,27). The Hall–Kier alpha value is -3.21. The lowest BCUT2D eigenvalue weighted by Crippen LogP contribution is -2.12. The number of hydrogen-bond donors (Lipinski definition) is 1. The number of hydrogen-bond acceptors (Lipinski definition) is 6. The zero-order valence-corrected chi connectivity index (χ0v) is 16.5. The summed E-state index contributed by atoms with van der Waals surface area (Å²) in [6.45, 7) is -0.120. The predicted octanol–water partition coefficient (Wildman–Crippen LogP) is 5.67. The number of carbonyl (C=O) groups is 1. The van der Waals surface area contributed by atoms with Crippen molar-refractivity contribution in [1.29, 1.82) is 0 Å². The smallest absolute Gasteiger partial charge is 0.387 e. The highest BCUT2D eigenvalue weighted by molar-refractivity contribution is 7.09. The SMILES string of the molecule is CC(Cc1nsc(NC(=O)c2cc(-c3cccc(OC(F)F)c3)oc2C)n1)=C(F)F. The van der Waals surface area contributed by atoms with Crippen LogP contribution in [0.2, 0.25) is 0 Å². The van der Waals surface area contributed by atoms with E-state index in [2.05, 4.69) is 19.4 Å². The van der Waals surface area contributed by atoms with E-state index in [0.717, 1.165) is 11.5 Å². The molecule has 158 valence electrons. The number of aryl methyl sites for hydroxylation is 1. The average Bonchev–Trinajstić information content (AvgIpc) is 3.27. The van der Waals surface area contributed by atoms with Gasteiger partial charge >= 0.3 is 6.61 Å². The van der Waals surface area contributed by atoms with E-state index in [9.17, 15) is 22.4 Å². The summed E-state index contributed by atoms with van der Waals surface area (Å²) in [6.07, 6.45) is -1.92. The van der Waals surface area contributed by atoms with Crippen LogP contribution in [0.25, 0.3) is 11.3 Å². The molecule has 3 aromatic rings. The third kappa shape index (κ3) is 5.23. The number of ether oxygens (including phenoxy) is 1. The number of halogens is 4. The van der Waals surface area contributed by atoms with Crippen molar-refractivity contribution in [3.63, 3.8) is 0 Å². The van der Waals surface area contributed by atoms with Gasteiger partial charge in [0.1, 0.15) is 23.1 Å². The first-order valence-corrected chi connectivity index (χ1v) is 9.30. The third-order valence-electron chi connectivity index (χ3n) is 3.94. The summed E-state index contributed by atoms with van der Waals surface area (Å²) in [5.74, 6) is 0.174. The maximum absolute atomic E-state index is 12.5. The van der Waals surface area contributed by atoms with Crippen LogP contribution in [0.4, 0.5) is 22.7 Å². The van der Waals surface area contributed by atoms with Gasteiger partial charge in [-0.1, -0.05) is 12.1 Å². The van der Waals surface area contributed by atoms with Crippen molar-refractivity contribution in [2.75, 3.05) is 5.32 Å². The minimum atomic E-state index is -2.96. The van der Waals surface area contributed by atoms with Crippen LogP contribution >= 0.6 is 11.5 Å². The summed E-state index contributed by atoms with van der Waals surface area (Å²) in [4.78, 5) is 16.6. The number of rotatable bonds is 7. The van der Waals surface area contributed by atoms with Gasteiger partial charge in [-0.2, -0.15) is 21.9 Å². The second-order valence-electron chi connectivity index (χ2n) is 6.17. The number of aromatic nitrogens is 2. The van der Waals surface area contributed by atoms with Gasteiger partial charge in [0, 0.05) is 23.5 Å². The van der Waals surface area contributed by atoms with E-state index in [-0.39, 0.29) is 40.0 Å². The molecule has 30 heavy (non-hydrogen) atoms. The molecule has 6 nitrogen and oxygen atoms in total. The van der Waals surface area contributed by atoms with Crippen molar-refractivity contribution in [3.05, 3.63) is 59.1 Å². The summed E-state index contributed by atoms with van der Waals surface area (Å²) in [5, 5.41) is 2.69. The number of furan rings is 1. The fourth-order valence-corrected chi connectivity index (χ4v) is 3.10. The molecule has 0 saturated carbocycles. The van der Waals surface area contributed by atoms with Gasteiger partial charge in [0.05, 0.1) is 5.56 Å². The molecule has 1 aromatic carbocycles. The third-order valence-corrected chi connectivity index (χ3v) is 4.61. The number of carbonyl (C=O) groups excluding carboxylic acids is 1. The van der Waals surface area contributed by atoms with Gasteiger partial charge in [-0.05, 0) is 37.6 Å². The quantitative estimate of drug-likeness (QED) is 0.478. The molecular formula is C19H15F4N3O3S. The minimum Gasteiger partial charge on any atom is -0.461 e. The molecule has 0 saturated heterocycles. The highest BCUT2D eigenvalue weighted by Crippen LogP contribution is 2.29. The van der Waals surface area contributed by atoms with Gasteiger partial charge in [-0.25, -0.2) is 4.98 Å². The molecule has 1 N–H and O–H groups in total. The maximum Gasteiger partial charge on any atom is 0.387 e. The van der Waals surface area contributed by atoms with E-state index in [4.69, 9.17) is 4.42 Å². The molecule has 3 rings (SSSR count). The molecule has 0 aliphatic heterocycles. The molecule has 0 unspecified atom stereocenters. The average molecular weight is 441 g/mol. The van der Waals surface area contributed by atoms with E-state index in [1.165, 1.54) is 31.2 Å². The van der Waals surface area contributed by atoms with Crippen molar-refractivity contribution in [2.45, 2.75) is 26.9 Å². The summed E-state index contributed by atoms with van der Waals surface area (Å²) < 4.78 is 63.7. The normalized spacial score (nSPS) is 10.9. The highest BCUT2D eigenvalue weighted by atomic mass is 32.1. The molecule has 0 atom stereocenters. The van der Waals surface area contributed by atoms with Crippen molar-refractivity contribution in [2.24, 2.45) is 0 Å². The Kier molecular flexibility index (Phi) is 6.50. The van der Waals surface area contributed by atoms with Crippen LogP contribution in [0.3, 0.4) is 0 Å². The first-order chi connectivity index (χ1) is 14.2. The van der Waals surface area contributed by atoms with Crippen LogP contribution in [0.15, 0.2) is 46.4 Å². The largest absolute Gasteiger partial charge is 0.461 e. The maximum atomic E-state index is 12.5. The zero-order valence-electron chi connectivity index (χ0n) is 15.7. The van der Waals surface area contributed by atoms with Crippen molar-refractivity contribution in [1.82, 2.24) is 9.36 Å². The van der Waals surface area contributed by atoms with E-state index < -0.39 is 18.6 Å². The Morgan fingerprint density at radius 1 is 1.30 bits per heavy atom. The number of allylic oxidation sites excluding steroid dienone is 1. The Labute approximate surface area is 172 Å². The predicted molar refractivity (Wildman–Crippen MR) is 102 cm³/mol. The van der Waals surface area contributed by atoms with Crippen LogP contribution in [-0.2, 0) is 6.42 Å². The number of nitrogens with zero attached hydrogens (tertiary/aromatic N) is 2. The summed E-state index contributed by atoms with van der Waals surface area (Å²) in [5.41, 5.74) is 0.496. The monoisotopic (exact) mass is 441 g/mol. The highest BCUT2D eigenvalue weighted by Gasteiger charge is 2.18. The molecule has 2 heterocycles. The Balaban J connectivity index is 1.75. The molecule has 1 amide bonds. The number of amides is 1. The molecule has 0 spiro atoms. The zero-order chi connectivity index (χ0) is 21.8. The summed E-state index contributed by atoms with van der Waals surface area (Å²) >= 11 is 0.864. The lowest BCUT2D eigenvalue weighted by molar-refractivity contribution is -0.0498. The molecule has 11 heteroatoms. The van der Waals surface area contributed by atoms with Crippen LogP contribution in [-0.4, -0.2) is 21.9 Å². The fraction of sp³-hybridized carbons (Fsp3) is 0.211. The van der Waals surface area contributed by atoms with E-state index in [1.54, 1.807) is 13.0 Å². The minimum absolute atomic E-state index is 0.0435. The molecule has 0 bridgehead atoms. The van der Waals surface area contributed by atoms with Gasteiger partial charge in [0.2, 0.25) is 5.13 Å². The van der Waals surface area contributed by atoms with Crippen molar-refractivity contribution in [3.8, 4) is 17.1 Å². The van der Waals surface area contributed by atoms with Gasteiger partial charge in [0.15, 0.2) is 0 Å². The van der Waals surface area contributed by atoms with E-state index in [1.807, 2.05) is 0 Å². The molecule has 0 radical (unpaired) electrons.